The van der Waals surface area contributed by atoms with Crippen LogP contribution < -0.4 is 10.9 Å². The van der Waals surface area contributed by atoms with Gasteiger partial charge in [-0.1, -0.05) is 44.2 Å². The van der Waals surface area contributed by atoms with Crippen LogP contribution in [0, 0.1) is 0 Å². The van der Waals surface area contributed by atoms with Gasteiger partial charge in [0.15, 0.2) is 0 Å². The minimum atomic E-state index is -0.218. The highest BCUT2D eigenvalue weighted by atomic mass is 32.2. The number of thioether (sulfide) groups is 1. The summed E-state index contributed by atoms with van der Waals surface area (Å²) in [5.41, 5.74) is 5.72. The summed E-state index contributed by atoms with van der Waals surface area (Å²) in [4.78, 5) is 22.9. The highest BCUT2D eigenvalue weighted by Crippen LogP contribution is 2.07. The van der Waals surface area contributed by atoms with Gasteiger partial charge in [0.2, 0.25) is 11.8 Å². The van der Waals surface area contributed by atoms with Gasteiger partial charge in [-0.05, 0) is 10.8 Å². The molecule has 0 aliphatic heterocycles. The lowest BCUT2D eigenvalue weighted by Crippen LogP contribution is -2.43. The number of hydrogen-bond donors (Lipinski definition) is 2. The predicted molar refractivity (Wildman–Crippen MR) is 74.0 cm³/mol. The van der Waals surface area contributed by atoms with Crippen LogP contribution in [-0.2, 0) is 16.0 Å². The number of hydrazine groups is 1. The standard InChI is InChI=1S/C13H18N2O2S/c1-10(2)18-9-13(17)15-14-12(16)8-11-6-4-3-5-7-11/h3-7,10H,8-9H2,1-2H3,(H,14,16)(H,15,17). The van der Waals surface area contributed by atoms with Gasteiger partial charge in [0.1, 0.15) is 0 Å². The van der Waals surface area contributed by atoms with Crippen LogP contribution in [-0.4, -0.2) is 22.8 Å². The molecule has 0 aromatic heterocycles. The van der Waals surface area contributed by atoms with Crippen molar-refractivity contribution in [1.29, 1.82) is 0 Å². The molecule has 0 saturated heterocycles. The van der Waals surface area contributed by atoms with E-state index in [9.17, 15) is 9.59 Å². The van der Waals surface area contributed by atoms with E-state index in [0.717, 1.165) is 5.56 Å². The van der Waals surface area contributed by atoms with Gasteiger partial charge in [-0.15, -0.1) is 11.8 Å². The first-order valence-corrected chi connectivity index (χ1v) is 6.86. The summed E-state index contributed by atoms with van der Waals surface area (Å²) in [6.45, 7) is 4.04. The number of benzene rings is 1. The largest absolute Gasteiger partial charge is 0.273 e. The maximum atomic E-state index is 11.5. The first kappa shape index (κ1) is 14.6. The van der Waals surface area contributed by atoms with Gasteiger partial charge in [-0.25, -0.2) is 0 Å². The molecule has 1 aromatic rings. The molecule has 0 spiro atoms. The lowest BCUT2D eigenvalue weighted by molar-refractivity contribution is -0.127. The fourth-order valence-corrected chi connectivity index (χ4v) is 1.80. The Balaban J connectivity index is 2.23. The molecule has 0 aliphatic carbocycles. The number of rotatable bonds is 5. The maximum absolute atomic E-state index is 11.5. The van der Waals surface area contributed by atoms with Gasteiger partial charge >= 0.3 is 0 Å². The summed E-state index contributed by atoms with van der Waals surface area (Å²) in [7, 11) is 0. The summed E-state index contributed by atoms with van der Waals surface area (Å²) in [6.07, 6.45) is 0.262. The molecule has 0 bridgehead atoms. The lowest BCUT2D eigenvalue weighted by Gasteiger charge is -2.08. The predicted octanol–water partition coefficient (Wildman–Crippen LogP) is 1.52. The van der Waals surface area contributed by atoms with Gasteiger partial charge in [0.25, 0.3) is 0 Å². The molecule has 2 N–H and O–H groups in total. The smallest absolute Gasteiger partial charge is 0.248 e. The fourth-order valence-electron chi connectivity index (χ4n) is 1.24. The number of hydrogen-bond acceptors (Lipinski definition) is 3. The topological polar surface area (TPSA) is 58.2 Å². The van der Waals surface area contributed by atoms with Crippen molar-refractivity contribution >= 4 is 23.6 Å². The average molecular weight is 266 g/mol. The van der Waals surface area contributed by atoms with Gasteiger partial charge < -0.3 is 0 Å². The second-order valence-electron chi connectivity index (χ2n) is 4.12. The summed E-state index contributed by atoms with van der Waals surface area (Å²) < 4.78 is 0. The highest BCUT2D eigenvalue weighted by molar-refractivity contribution is 8.00. The molecule has 5 heteroatoms. The third-order valence-electron chi connectivity index (χ3n) is 2.10. The van der Waals surface area contributed by atoms with Gasteiger partial charge in [-0.2, -0.15) is 0 Å². The van der Waals surface area contributed by atoms with E-state index in [4.69, 9.17) is 0 Å². The Kier molecular flexibility index (Phi) is 6.28. The Morgan fingerprint density at radius 2 is 1.72 bits per heavy atom. The molecule has 1 aromatic carbocycles. The van der Waals surface area contributed by atoms with Crippen LogP contribution in [0.5, 0.6) is 0 Å². The summed E-state index contributed by atoms with van der Waals surface area (Å²) in [5, 5.41) is 0.399. The van der Waals surface area contributed by atoms with Crippen LogP contribution in [0.2, 0.25) is 0 Å². The van der Waals surface area contributed by atoms with Crippen LogP contribution >= 0.6 is 11.8 Å². The van der Waals surface area contributed by atoms with Gasteiger partial charge in [0.05, 0.1) is 12.2 Å². The van der Waals surface area contributed by atoms with Crippen molar-refractivity contribution in [3.05, 3.63) is 35.9 Å². The zero-order valence-electron chi connectivity index (χ0n) is 10.6. The van der Waals surface area contributed by atoms with Gasteiger partial charge in [-0.3, -0.25) is 20.4 Å². The van der Waals surface area contributed by atoms with E-state index in [1.807, 2.05) is 44.2 Å². The third-order valence-corrected chi connectivity index (χ3v) is 3.19. The molecule has 0 aliphatic rings. The van der Waals surface area contributed by atoms with Crippen LogP contribution in [0.15, 0.2) is 30.3 Å². The Morgan fingerprint density at radius 3 is 2.33 bits per heavy atom. The molecule has 0 heterocycles. The van der Waals surface area contributed by atoms with Crippen molar-refractivity contribution in [1.82, 2.24) is 10.9 Å². The molecule has 2 amide bonds. The zero-order valence-corrected chi connectivity index (χ0v) is 11.4. The van der Waals surface area contributed by atoms with E-state index in [1.54, 1.807) is 0 Å². The van der Waals surface area contributed by atoms with Crippen LogP contribution in [0.25, 0.3) is 0 Å². The Hall–Kier alpha value is -1.49. The quantitative estimate of drug-likeness (QED) is 0.794. The van der Waals surface area contributed by atoms with Crippen molar-refractivity contribution in [3.63, 3.8) is 0 Å². The summed E-state index contributed by atoms with van der Waals surface area (Å²) in [5.74, 6) is -0.0530. The molecule has 0 saturated carbocycles. The molecule has 0 atom stereocenters. The molecule has 98 valence electrons. The van der Waals surface area contributed by atoms with Crippen molar-refractivity contribution < 1.29 is 9.59 Å². The lowest BCUT2D eigenvalue weighted by atomic mass is 10.1. The van der Waals surface area contributed by atoms with E-state index in [0.29, 0.717) is 11.0 Å². The molecule has 4 nitrogen and oxygen atoms in total. The van der Waals surface area contributed by atoms with Gasteiger partial charge in [0, 0.05) is 0 Å². The van der Waals surface area contributed by atoms with E-state index >= 15 is 0 Å². The molecular formula is C13H18N2O2S. The number of carbonyl (C=O) groups excluding carboxylic acids is 2. The monoisotopic (exact) mass is 266 g/mol. The number of carbonyl (C=O) groups is 2. The molecule has 18 heavy (non-hydrogen) atoms. The molecule has 0 radical (unpaired) electrons. The van der Waals surface area contributed by atoms with Crippen molar-refractivity contribution in [2.24, 2.45) is 0 Å². The van der Waals surface area contributed by atoms with Crippen molar-refractivity contribution in [2.45, 2.75) is 25.5 Å². The van der Waals surface area contributed by atoms with Crippen molar-refractivity contribution in [3.8, 4) is 0 Å². The minimum Gasteiger partial charge on any atom is -0.273 e. The normalized spacial score (nSPS) is 10.2. The van der Waals surface area contributed by atoms with E-state index in [-0.39, 0.29) is 18.2 Å². The average Bonchev–Trinajstić information content (AvgIpc) is 2.35. The summed E-state index contributed by atoms with van der Waals surface area (Å²) in [6, 6.07) is 9.39. The maximum Gasteiger partial charge on any atom is 0.248 e. The zero-order chi connectivity index (χ0) is 13.4. The second kappa shape index (κ2) is 7.76. The summed E-state index contributed by atoms with van der Waals surface area (Å²) >= 11 is 1.53. The van der Waals surface area contributed by atoms with E-state index in [2.05, 4.69) is 10.9 Å². The molecule has 0 unspecified atom stereocenters. The SMILES string of the molecule is CC(C)SCC(=O)NNC(=O)Cc1ccccc1. The first-order valence-electron chi connectivity index (χ1n) is 5.81. The number of amides is 2. The third kappa shape index (κ3) is 6.30. The Morgan fingerprint density at radius 1 is 1.11 bits per heavy atom. The minimum absolute atomic E-state index is 0.185. The molecule has 1 rings (SSSR count). The fraction of sp³-hybridized carbons (Fsp3) is 0.385. The highest BCUT2D eigenvalue weighted by Gasteiger charge is 2.06. The Labute approximate surface area is 112 Å². The number of nitrogens with one attached hydrogen (secondary N) is 2. The van der Waals surface area contributed by atoms with Crippen LogP contribution in [0.4, 0.5) is 0 Å². The first-order chi connectivity index (χ1) is 8.58. The molecule has 0 fully saturated rings. The van der Waals surface area contributed by atoms with Crippen LogP contribution in [0.3, 0.4) is 0 Å². The van der Waals surface area contributed by atoms with E-state index < -0.39 is 0 Å². The van der Waals surface area contributed by atoms with E-state index in [1.165, 1.54) is 11.8 Å². The Bertz CT molecular complexity index is 393. The van der Waals surface area contributed by atoms with Crippen molar-refractivity contribution in [2.75, 3.05) is 5.75 Å². The second-order valence-corrected chi connectivity index (χ2v) is 5.68. The molecular weight excluding hydrogens is 248 g/mol. The van der Waals surface area contributed by atoms with Crippen LogP contribution in [0.1, 0.15) is 19.4 Å².